The fourth-order valence-corrected chi connectivity index (χ4v) is 0.890. The molecule has 16 heavy (non-hydrogen) atoms. The summed E-state index contributed by atoms with van der Waals surface area (Å²) in [6.07, 6.45) is -4.54. The van der Waals surface area contributed by atoms with Crippen molar-refractivity contribution in [1.29, 1.82) is 0 Å². The van der Waals surface area contributed by atoms with E-state index in [2.05, 4.69) is 5.32 Å². The van der Waals surface area contributed by atoms with Gasteiger partial charge >= 0.3 is 6.18 Å². The molecule has 0 saturated heterocycles. The van der Waals surface area contributed by atoms with Crippen LogP contribution in [-0.4, -0.2) is 42.5 Å². The topological polar surface area (TPSA) is 41.6 Å². The van der Waals surface area contributed by atoms with E-state index in [1.807, 2.05) is 0 Å². The van der Waals surface area contributed by atoms with Crippen LogP contribution >= 0.6 is 11.6 Å². The van der Waals surface area contributed by atoms with Crippen molar-refractivity contribution in [1.82, 2.24) is 10.2 Å². The molecule has 0 fully saturated rings. The Bertz CT molecular complexity index is 238. The molecule has 0 bridgehead atoms. The van der Waals surface area contributed by atoms with Crippen LogP contribution in [0.5, 0.6) is 0 Å². The number of alkyl halides is 4. The van der Waals surface area contributed by atoms with Crippen LogP contribution < -0.4 is 5.32 Å². The molecule has 1 N–H and O–H groups in total. The monoisotopic (exact) mass is 262 g/mol. The predicted molar refractivity (Wildman–Crippen MR) is 52.7 cm³/mol. The standard InChI is InChI=1S/C8H14ClF3N2O2/c1-6(9)16-4-13-7(2,8(10,11)12)14(3)5-15/h5-6,13H,4H2,1-3H3. The third kappa shape index (κ3) is 3.80. The highest BCUT2D eigenvalue weighted by Crippen LogP contribution is 2.31. The minimum atomic E-state index is -4.62. The van der Waals surface area contributed by atoms with Crippen LogP contribution in [0, 0.1) is 0 Å². The first kappa shape index (κ1) is 15.5. The van der Waals surface area contributed by atoms with Crippen LogP contribution in [-0.2, 0) is 9.53 Å². The summed E-state index contributed by atoms with van der Waals surface area (Å²) in [5.74, 6) is 0. The van der Waals surface area contributed by atoms with Crippen LogP contribution in [0.4, 0.5) is 13.2 Å². The minimum Gasteiger partial charge on any atom is -0.348 e. The van der Waals surface area contributed by atoms with Gasteiger partial charge in [0.05, 0.1) is 0 Å². The summed E-state index contributed by atoms with van der Waals surface area (Å²) in [5, 5.41) is 2.08. The van der Waals surface area contributed by atoms with Crippen molar-refractivity contribution in [2.45, 2.75) is 31.2 Å². The van der Waals surface area contributed by atoms with Crippen LogP contribution in [0.25, 0.3) is 0 Å². The van der Waals surface area contributed by atoms with Gasteiger partial charge in [0.15, 0.2) is 5.66 Å². The summed E-state index contributed by atoms with van der Waals surface area (Å²) in [7, 11) is 1.03. The van der Waals surface area contributed by atoms with E-state index < -0.39 is 24.1 Å². The van der Waals surface area contributed by atoms with Crippen molar-refractivity contribution in [3.8, 4) is 0 Å². The maximum atomic E-state index is 12.7. The quantitative estimate of drug-likeness (QED) is 0.448. The summed E-state index contributed by atoms with van der Waals surface area (Å²) in [6.45, 7) is 1.89. The van der Waals surface area contributed by atoms with Crippen molar-refractivity contribution in [2.24, 2.45) is 0 Å². The lowest BCUT2D eigenvalue weighted by atomic mass is 10.1. The van der Waals surface area contributed by atoms with Gasteiger partial charge in [-0.1, -0.05) is 11.6 Å². The summed E-state index contributed by atoms with van der Waals surface area (Å²) in [5.41, 5.74) is -3.20. The molecule has 0 radical (unpaired) electrons. The molecule has 96 valence electrons. The Labute approximate surface area is 96.7 Å². The number of ether oxygens (including phenoxy) is 1. The van der Waals surface area contributed by atoms with Gasteiger partial charge in [0.25, 0.3) is 0 Å². The summed E-state index contributed by atoms with van der Waals surface area (Å²) in [6, 6.07) is 0. The highest BCUT2D eigenvalue weighted by atomic mass is 35.5. The van der Waals surface area contributed by atoms with E-state index in [1.165, 1.54) is 6.92 Å². The number of carbonyl (C=O) groups is 1. The Kier molecular flexibility index (Phi) is 5.51. The molecule has 0 aliphatic carbocycles. The van der Waals surface area contributed by atoms with E-state index in [9.17, 15) is 18.0 Å². The maximum absolute atomic E-state index is 12.7. The van der Waals surface area contributed by atoms with Gasteiger partial charge in [0.1, 0.15) is 12.3 Å². The van der Waals surface area contributed by atoms with Crippen molar-refractivity contribution in [3.63, 3.8) is 0 Å². The smallest absolute Gasteiger partial charge is 0.348 e. The molecular weight excluding hydrogens is 249 g/mol. The molecule has 0 rings (SSSR count). The molecule has 1 amide bonds. The SMILES string of the molecule is CC(Cl)OCNC(C)(N(C)C=O)C(F)(F)F. The van der Waals surface area contributed by atoms with Gasteiger partial charge in [-0.05, 0) is 13.8 Å². The molecular formula is C8H14ClF3N2O2. The molecule has 8 heteroatoms. The van der Waals surface area contributed by atoms with Gasteiger partial charge in [-0.2, -0.15) is 13.2 Å². The van der Waals surface area contributed by atoms with E-state index >= 15 is 0 Å². The zero-order valence-corrected chi connectivity index (χ0v) is 9.89. The molecule has 0 heterocycles. The second-order valence-corrected chi connectivity index (χ2v) is 3.93. The van der Waals surface area contributed by atoms with E-state index in [4.69, 9.17) is 16.3 Å². The van der Waals surface area contributed by atoms with Crippen molar-refractivity contribution in [3.05, 3.63) is 0 Å². The van der Waals surface area contributed by atoms with E-state index in [0.717, 1.165) is 14.0 Å². The first-order chi connectivity index (χ1) is 7.15. The third-order valence-corrected chi connectivity index (χ3v) is 2.27. The maximum Gasteiger partial charge on any atom is 0.425 e. The van der Waals surface area contributed by atoms with Crippen LogP contribution in [0.3, 0.4) is 0 Å². The number of nitrogens with zero attached hydrogens (tertiary/aromatic N) is 1. The molecule has 0 saturated carbocycles. The Hall–Kier alpha value is -0.530. The van der Waals surface area contributed by atoms with Gasteiger partial charge in [-0.25, -0.2) is 0 Å². The lowest BCUT2D eigenvalue weighted by molar-refractivity contribution is -0.234. The number of hydrogen-bond acceptors (Lipinski definition) is 3. The van der Waals surface area contributed by atoms with E-state index in [0.29, 0.717) is 4.90 Å². The molecule has 0 aliphatic heterocycles. The van der Waals surface area contributed by atoms with E-state index in [1.54, 1.807) is 0 Å². The van der Waals surface area contributed by atoms with Gasteiger partial charge < -0.3 is 9.64 Å². The van der Waals surface area contributed by atoms with Gasteiger partial charge in [0.2, 0.25) is 6.41 Å². The number of carbonyl (C=O) groups excluding carboxylic acids is 1. The van der Waals surface area contributed by atoms with E-state index in [-0.39, 0.29) is 6.41 Å². The van der Waals surface area contributed by atoms with Crippen molar-refractivity contribution < 1.29 is 22.7 Å². The van der Waals surface area contributed by atoms with Gasteiger partial charge in [0, 0.05) is 7.05 Å². The normalized spacial score (nSPS) is 17.7. The molecule has 0 aromatic heterocycles. The fourth-order valence-electron chi connectivity index (χ4n) is 0.827. The van der Waals surface area contributed by atoms with Crippen molar-refractivity contribution in [2.75, 3.05) is 13.8 Å². The lowest BCUT2D eigenvalue weighted by Crippen LogP contribution is -2.64. The third-order valence-electron chi connectivity index (χ3n) is 2.14. The first-order valence-corrected chi connectivity index (χ1v) is 4.84. The van der Waals surface area contributed by atoms with Crippen LogP contribution in [0.2, 0.25) is 0 Å². The molecule has 2 unspecified atom stereocenters. The van der Waals surface area contributed by atoms with Gasteiger partial charge in [-0.15, -0.1) is 0 Å². The average molecular weight is 263 g/mol. The second kappa shape index (κ2) is 5.70. The number of halogens is 4. The fraction of sp³-hybridized carbons (Fsp3) is 0.875. The Morgan fingerprint density at radius 1 is 1.56 bits per heavy atom. The average Bonchev–Trinajstić information content (AvgIpc) is 2.13. The van der Waals surface area contributed by atoms with Crippen LogP contribution in [0.1, 0.15) is 13.8 Å². The molecule has 2 atom stereocenters. The molecule has 0 spiro atoms. The van der Waals surface area contributed by atoms with Crippen molar-refractivity contribution >= 4 is 18.0 Å². The lowest BCUT2D eigenvalue weighted by Gasteiger charge is -2.38. The highest BCUT2D eigenvalue weighted by Gasteiger charge is 2.54. The summed E-state index contributed by atoms with van der Waals surface area (Å²) in [4.78, 5) is 10.9. The minimum absolute atomic E-state index is 0.0879. The summed E-state index contributed by atoms with van der Waals surface area (Å²) < 4.78 is 42.9. The zero-order valence-electron chi connectivity index (χ0n) is 9.14. The first-order valence-electron chi connectivity index (χ1n) is 4.41. The second-order valence-electron chi connectivity index (χ2n) is 3.32. The largest absolute Gasteiger partial charge is 0.425 e. The summed E-state index contributed by atoms with van der Waals surface area (Å²) >= 11 is 5.41. The number of nitrogens with one attached hydrogen (secondary N) is 1. The Balaban J connectivity index is 4.62. The number of hydrogen-bond donors (Lipinski definition) is 1. The molecule has 0 aromatic carbocycles. The Morgan fingerprint density at radius 2 is 2.06 bits per heavy atom. The molecule has 4 nitrogen and oxygen atoms in total. The van der Waals surface area contributed by atoms with Gasteiger partial charge in [-0.3, -0.25) is 10.1 Å². The number of rotatable bonds is 6. The number of amides is 1. The highest BCUT2D eigenvalue weighted by molar-refractivity contribution is 6.19. The zero-order chi connectivity index (χ0) is 13.0. The molecule has 0 aliphatic rings. The molecule has 0 aromatic rings. The Morgan fingerprint density at radius 3 is 2.38 bits per heavy atom. The predicted octanol–water partition coefficient (Wildman–Crippen LogP) is 1.50. The van der Waals surface area contributed by atoms with Crippen LogP contribution in [0.15, 0.2) is 0 Å².